The summed E-state index contributed by atoms with van der Waals surface area (Å²) >= 11 is 0. The maximum atomic E-state index is 6.05. The van der Waals surface area contributed by atoms with Crippen LogP contribution in [0.4, 0.5) is 5.69 Å². The molecule has 0 atom stereocenters. The van der Waals surface area contributed by atoms with Crippen LogP contribution in [0.3, 0.4) is 0 Å². The second kappa shape index (κ2) is 4.90. The molecule has 3 aromatic rings. The standard InChI is InChI=1S/C16H13N3/c17-16(13-5-2-1-3-6-13)19-15-8-4-7-12-9-10-18-11-14(12)15/h1-11H,(H2,17,19). The third kappa shape index (κ3) is 2.31. The number of pyridine rings is 1. The van der Waals surface area contributed by atoms with Crippen molar-refractivity contribution in [2.45, 2.75) is 0 Å². The van der Waals surface area contributed by atoms with E-state index in [9.17, 15) is 0 Å². The van der Waals surface area contributed by atoms with Gasteiger partial charge < -0.3 is 5.73 Å². The van der Waals surface area contributed by atoms with Crippen molar-refractivity contribution in [3.8, 4) is 0 Å². The van der Waals surface area contributed by atoms with E-state index in [1.165, 1.54) is 0 Å². The van der Waals surface area contributed by atoms with Crippen LogP contribution in [0, 0.1) is 0 Å². The molecule has 0 fully saturated rings. The molecule has 0 saturated heterocycles. The SMILES string of the molecule is NC(=Nc1cccc2ccncc12)c1ccccc1. The van der Waals surface area contributed by atoms with Gasteiger partial charge in [-0.3, -0.25) is 4.98 Å². The van der Waals surface area contributed by atoms with Crippen LogP contribution >= 0.6 is 0 Å². The van der Waals surface area contributed by atoms with Gasteiger partial charge in [0.25, 0.3) is 0 Å². The normalized spacial score (nSPS) is 11.7. The van der Waals surface area contributed by atoms with Crippen molar-refractivity contribution < 1.29 is 0 Å². The van der Waals surface area contributed by atoms with Gasteiger partial charge in [0.15, 0.2) is 0 Å². The second-order valence-corrected chi connectivity index (χ2v) is 4.24. The molecule has 1 heterocycles. The van der Waals surface area contributed by atoms with E-state index in [0.717, 1.165) is 22.0 Å². The van der Waals surface area contributed by atoms with E-state index < -0.39 is 0 Å². The monoisotopic (exact) mass is 247 g/mol. The van der Waals surface area contributed by atoms with Gasteiger partial charge in [-0.1, -0.05) is 42.5 Å². The topological polar surface area (TPSA) is 51.3 Å². The third-order valence-corrected chi connectivity index (χ3v) is 2.97. The van der Waals surface area contributed by atoms with Gasteiger partial charge in [-0.2, -0.15) is 0 Å². The molecule has 3 nitrogen and oxygen atoms in total. The van der Waals surface area contributed by atoms with E-state index >= 15 is 0 Å². The lowest BCUT2D eigenvalue weighted by molar-refractivity contribution is 1.36. The number of nitrogens with two attached hydrogens (primary N) is 1. The lowest BCUT2D eigenvalue weighted by Gasteiger charge is -2.04. The Hall–Kier alpha value is -2.68. The van der Waals surface area contributed by atoms with Crippen molar-refractivity contribution in [2.75, 3.05) is 0 Å². The zero-order chi connectivity index (χ0) is 13.1. The fourth-order valence-corrected chi connectivity index (χ4v) is 2.00. The number of amidine groups is 1. The van der Waals surface area contributed by atoms with Crippen LogP contribution in [0.25, 0.3) is 10.8 Å². The molecule has 0 radical (unpaired) electrons. The van der Waals surface area contributed by atoms with Crippen LogP contribution in [-0.2, 0) is 0 Å². The van der Waals surface area contributed by atoms with Gasteiger partial charge in [-0.15, -0.1) is 0 Å². The predicted molar refractivity (Wildman–Crippen MR) is 78.6 cm³/mol. The molecule has 0 aliphatic heterocycles. The highest BCUT2D eigenvalue weighted by molar-refractivity contribution is 6.02. The molecule has 1 aromatic heterocycles. The molecule has 2 N–H and O–H groups in total. The molecule has 19 heavy (non-hydrogen) atoms. The largest absolute Gasteiger partial charge is 0.383 e. The zero-order valence-corrected chi connectivity index (χ0v) is 10.3. The van der Waals surface area contributed by atoms with Crippen molar-refractivity contribution in [3.05, 3.63) is 72.6 Å². The Morgan fingerprint density at radius 2 is 1.79 bits per heavy atom. The first-order valence-corrected chi connectivity index (χ1v) is 6.07. The molecule has 0 spiro atoms. The van der Waals surface area contributed by atoms with E-state index in [2.05, 4.69) is 9.98 Å². The third-order valence-electron chi connectivity index (χ3n) is 2.97. The highest BCUT2D eigenvalue weighted by atomic mass is 14.9. The Balaban J connectivity index is 2.11. The molecule has 0 amide bonds. The summed E-state index contributed by atoms with van der Waals surface area (Å²) in [5.41, 5.74) is 7.81. The first kappa shape index (κ1) is 11.4. The van der Waals surface area contributed by atoms with Crippen LogP contribution in [0.15, 0.2) is 72.0 Å². The van der Waals surface area contributed by atoms with Crippen LogP contribution in [0.2, 0.25) is 0 Å². The number of aromatic nitrogens is 1. The van der Waals surface area contributed by atoms with Gasteiger partial charge in [-0.05, 0) is 17.5 Å². The van der Waals surface area contributed by atoms with E-state index in [1.807, 2.05) is 60.8 Å². The number of benzene rings is 2. The van der Waals surface area contributed by atoms with Gasteiger partial charge in [0.05, 0.1) is 5.69 Å². The Morgan fingerprint density at radius 1 is 0.947 bits per heavy atom. The van der Waals surface area contributed by atoms with E-state index in [4.69, 9.17) is 5.73 Å². The molecule has 0 aliphatic rings. The molecular weight excluding hydrogens is 234 g/mol. The van der Waals surface area contributed by atoms with Gasteiger partial charge in [0, 0.05) is 23.3 Å². The summed E-state index contributed by atoms with van der Waals surface area (Å²) in [5, 5.41) is 2.11. The molecule has 92 valence electrons. The molecule has 3 rings (SSSR count). The smallest absolute Gasteiger partial charge is 0.131 e. The fraction of sp³-hybridized carbons (Fsp3) is 0. The summed E-state index contributed by atoms with van der Waals surface area (Å²) in [4.78, 5) is 8.66. The Bertz CT molecular complexity index is 728. The number of fused-ring (bicyclic) bond motifs is 1. The van der Waals surface area contributed by atoms with Crippen molar-refractivity contribution in [2.24, 2.45) is 10.7 Å². The molecular formula is C16H13N3. The highest BCUT2D eigenvalue weighted by Gasteiger charge is 2.01. The number of rotatable bonds is 2. The highest BCUT2D eigenvalue weighted by Crippen LogP contribution is 2.25. The minimum atomic E-state index is 0.511. The molecule has 0 saturated carbocycles. The molecule has 0 aliphatic carbocycles. The van der Waals surface area contributed by atoms with Crippen molar-refractivity contribution >= 4 is 22.3 Å². The number of aliphatic imine (C=N–C) groups is 1. The Morgan fingerprint density at radius 3 is 2.63 bits per heavy atom. The molecule has 0 unspecified atom stereocenters. The average molecular weight is 247 g/mol. The predicted octanol–water partition coefficient (Wildman–Crippen LogP) is 3.27. The van der Waals surface area contributed by atoms with Crippen molar-refractivity contribution in [3.63, 3.8) is 0 Å². The minimum absolute atomic E-state index is 0.511. The maximum Gasteiger partial charge on any atom is 0.131 e. The van der Waals surface area contributed by atoms with Crippen LogP contribution < -0.4 is 5.73 Å². The summed E-state index contributed by atoms with van der Waals surface area (Å²) in [6.07, 6.45) is 3.59. The summed E-state index contributed by atoms with van der Waals surface area (Å²) in [6, 6.07) is 17.7. The van der Waals surface area contributed by atoms with Crippen LogP contribution in [0.1, 0.15) is 5.56 Å². The van der Waals surface area contributed by atoms with Gasteiger partial charge in [-0.25, -0.2) is 4.99 Å². The van der Waals surface area contributed by atoms with Crippen molar-refractivity contribution in [1.82, 2.24) is 4.98 Å². The summed E-state index contributed by atoms with van der Waals surface area (Å²) in [5.74, 6) is 0.511. The number of nitrogens with zero attached hydrogens (tertiary/aromatic N) is 2. The fourth-order valence-electron chi connectivity index (χ4n) is 2.00. The quantitative estimate of drug-likeness (QED) is 0.558. The zero-order valence-electron chi connectivity index (χ0n) is 10.3. The Kier molecular flexibility index (Phi) is 2.94. The van der Waals surface area contributed by atoms with E-state index in [0.29, 0.717) is 5.84 Å². The minimum Gasteiger partial charge on any atom is -0.383 e. The van der Waals surface area contributed by atoms with Gasteiger partial charge in [0.2, 0.25) is 0 Å². The second-order valence-electron chi connectivity index (χ2n) is 4.24. The summed E-state index contributed by atoms with van der Waals surface area (Å²) in [6.45, 7) is 0. The first-order valence-electron chi connectivity index (χ1n) is 6.07. The Labute approximate surface area is 111 Å². The van der Waals surface area contributed by atoms with E-state index in [1.54, 1.807) is 6.20 Å². The first-order chi connectivity index (χ1) is 9.34. The van der Waals surface area contributed by atoms with Gasteiger partial charge in [0.1, 0.15) is 5.84 Å². The number of hydrogen-bond acceptors (Lipinski definition) is 2. The average Bonchev–Trinajstić information content (AvgIpc) is 2.48. The summed E-state index contributed by atoms with van der Waals surface area (Å²) in [7, 11) is 0. The molecule has 0 bridgehead atoms. The maximum absolute atomic E-state index is 6.05. The lowest BCUT2D eigenvalue weighted by Crippen LogP contribution is -2.12. The van der Waals surface area contributed by atoms with Crippen LogP contribution in [-0.4, -0.2) is 10.8 Å². The van der Waals surface area contributed by atoms with Crippen LogP contribution in [0.5, 0.6) is 0 Å². The summed E-state index contributed by atoms with van der Waals surface area (Å²) < 4.78 is 0. The van der Waals surface area contributed by atoms with Gasteiger partial charge >= 0.3 is 0 Å². The van der Waals surface area contributed by atoms with Crippen molar-refractivity contribution in [1.29, 1.82) is 0 Å². The number of hydrogen-bond donors (Lipinski definition) is 1. The molecule has 3 heteroatoms. The van der Waals surface area contributed by atoms with E-state index in [-0.39, 0.29) is 0 Å². The molecule has 2 aromatic carbocycles. The lowest BCUT2D eigenvalue weighted by atomic mass is 10.1.